The topological polar surface area (TPSA) is 123 Å². The molecule has 2 aliphatic carbocycles. The highest BCUT2D eigenvalue weighted by Crippen LogP contribution is 2.50. The van der Waals surface area contributed by atoms with Gasteiger partial charge in [-0.05, 0) is 103 Å². The summed E-state index contributed by atoms with van der Waals surface area (Å²) < 4.78 is 16.3. The van der Waals surface area contributed by atoms with Crippen LogP contribution in [0.2, 0.25) is 0 Å². The van der Waals surface area contributed by atoms with Crippen LogP contribution < -0.4 is 9.47 Å². The molecule has 0 heterocycles. The van der Waals surface area contributed by atoms with E-state index in [-0.39, 0.29) is 42.1 Å². The Balaban J connectivity index is 1.59. The Labute approximate surface area is 248 Å². The molecule has 8 heteroatoms. The molecule has 2 aromatic rings. The van der Waals surface area contributed by atoms with Crippen LogP contribution in [0.5, 0.6) is 23.0 Å². The monoisotopic (exact) mass is 580 g/mol. The molecule has 3 N–H and O–H groups in total. The minimum Gasteiger partial charge on any atom is -0.504 e. The van der Waals surface area contributed by atoms with Gasteiger partial charge < -0.3 is 29.5 Å². The van der Waals surface area contributed by atoms with Gasteiger partial charge in [0.25, 0.3) is 0 Å². The molecule has 0 radical (unpaired) electrons. The van der Waals surface area contributed by atoms with E-state index in [0.29, 0.717) is 49.5 Å². The molecule has 0 aliphatic heterocycles. The highest BCUT2D eigenvalue weighted by Gasteiger charge is 2.38. The highest BCUT2D eigenvalue weighted by molar-refractivity contribution is 5.81. The Kier molecular flexibility index (Phi) is 10.9. The van der Waals surface area contributed by atoms with Crippen molar-refractivity contribution in [3.63, 3.8) is 0 Å². The summed E-state index contributed by atoms with van der Waals surface area (Å²) >= 11 is 0. The number of aromatic hydroxyl groups is 2. The van der Waals surface area contributed by atoms with Crippen LogP contribution in [0.1, 0.15) is 87.3 Å². The number of ketones is 1. The van der Waals surface area contributed by atoms with Crippen molar-refractivity contribution in [3.8, 4) is 23.0 Å². The molecule has 4 rings (SSSR count). The molecule has 4 unspecified atom stereocenters. The van der Waals surface area contributed by atoms with Gasteiger partial charge in [0.05, 0.1) is 14.2 Å². The smallest absolute Gasteiger partial charge is 0.302 e. The number of benzene rings is 2. The first-order valence-corrected chi connectivity index (χ1v) is 15.0. The van der Waals surface area contributed by atoms with Crippen molar-refractivity contribution in [2.24, 2.45) is 11.8 Å². The van der Waals surface area contributed by atoms with E-state index in [1.54, 1.807) is 24.3 Å². The molecular weight excluding hydrogens is 536 g/mol. The second-order valence-electron chi connectivity index (χ2n) is 11.6. The Morgan fingerprint density at radius 3 is 2.43 bits per heavy atom. The van der Waals surface area contributed by atoms with Crippen LogP contribution in [-0.4, -0.2) is 54.0 Å². The van der Waals surface area contributed by atoms with Gasteiger partial charge in [-0.1, -0.05) is 25.0 Å². The van der Waals surface area contributed by atoms with E-state index in [4.69, 9.17) is 14.2 Å². The number of Topliss-reactive ketones (excluding diaryl/α,β-unsaturated/α-hetero) is 1. The number of phenolic OH excluding ortho intramolecular Hbond substituents is 2. The number of esters is 1. The van der Waals surface area contributed by atoms with Gasteiger partial charge in [0.2, 0.25) is 0 Å². The van der Waals surface area contributed by atoms with Crippen LogP contribution in [0.3, 0.4) is 0 Å². The highest BCUT2D eigenvalue weighted by atomic mass is 16.5. The second kappa shape index (κ2) is 14.6. The number of carbonyl (C=O) groups is 2. The quantitative estimate of drug-likeness (QED) is 0.243. The van der Waals surface area contributed by atoms with Gasteiger partial charge in [-0.25, -0.2) is 0 Å². The number of aryl methyl sites for hydroxylation is 1. The Morgan fingerprint density at radius 2 is 1.71 bits per heavy atom. The van der Waals surface area contributed by atoms with Crippen molar-refractivity contribution in [2.45, 2.75) is 83.2 Å². The van der Waals surface area contributed by atoms with Gasteiger partial charge in [-0.15, -0.1) is 0 Å². The van der Waals surface area contributed by atoms with E-state index >= 15 is 0 Å². The normalized spacial score (nSPS) is 20.4. The fraction of sp³-hybridized carbons (Fsp3) is 0.529. The molecule has 2 aliphatic rings. The summed E-state index contributed by atoms with van der Waals surface area (Å²) in [6.45, 7) is 1.44. The molecule has 8 nitrogen and oxygen atoms in total. The maximum atomic E-state index is 13.8. The van der Waals surface area contributed by atoms with E-state index in [0.717, 1.165) is 47.9 Å². The number of methoxy groups -OCH3 is 2. The lowest BCUT2D eigenvalue weighted by Crippen LogP contribution is -2.27. The first kappa shape index (κ1) is 31.4. The third-order valence-electron chi connectivity index (χ3n) is 8.74. The van der Waals surface area contributed by atoms with Crippen molar-refractivity contribution >= 4 is 17.3 Å². The summed E-state index contributed by atoms with van der Waals surface area (Å²) in [6.07, 6.45) is 8.76. The zero-order chi connectivity index (χ0) is 30.2. The Hall–Kier alpha value is -3.52. The van der Waals surface area contributed by atoms with Gasteiger partial charge in [-0.3, -0.25) is 9.59 Å². The summed E-state index contributed by atoms with van der Waals surface area (Å²) in [5.74, 6) is 0.947. The lowest BCUT2D eigenvalue weighted by Gasteiger charge is -2.35. The van der Waals surface area contributed by atoms with Gasteiger partial charge in [0.15, 0.2) is 23.0 Å². The lowest BCUT2D eigenvalue weighted by molar-refractivity contribution is -0.147. The zero-order valence-electron chi connectivity index (χ0n) is 24.9. The number of hydrogen-bond donors (Lipinski definition) is 3. The molecular formula is C34H44O8. The van der Waals surface area contributed by atoms with Crippen molar-refractivity contribution in [1.29, 1.82) is 0 Å². The number of aliphatic hydroxyl groups is 1. The number of aliphatic hydroxyl groups excluding tert-OH is 1. The summed E-state index contributed by atoms with van der Waals surface area (Å²) in [4.78, 5) is 25.7. The van der Waals surface area contributed by atoms with Crippen LogP contribution in [0.4, 0.5) is 0 Å². The molecule has 0 saturated heterocycles. The van der Waals surface area contributed by atoms with Crippen LogP contribution >= 0.6 is 0 Å². The van der Waals surface area contributed by atoms with Crippen LogP contribution in [-0.2, 0) is 20.7 Å². The van der Waals surface area contributed by atoms with E-state index in [1.165, 1.54) is 21.1 Å². The molecule has 2 aromatic carbocycles. The summed E-state index contributed by atoms with van der Waals surface area (Å²) in [6, 6.07) is 8.74. The predicted octanol–water partition coefficient (Wildman–Crippen LogP) is 6.09. The number of carbonyl (C=O) groups excluding carboxylic acids is 2. The first-order valence-electron chi connectivity index (χ1n) is 15.0. The zero-order valence-corrected chi connectivity index (χ0v) is 24.9. The first-order chi connectivity index (χ1) is 20.2. The minimum atomic E-state index is -0.574. The SMILES string of the molecule is COc1cc(CCC(CC(=O)CC2c3cc(OC)c(O)cc3C(CCCO)=CC3CCCCC32)OC(C)=O)ccc1O. The van der Waals surface area contributed by atoms with Gasteiger partial charge in [-0.2, -0.15) is 0 Å². The Morgan fingerprint density at radius 1 is 0.976 bits per heavy atom. The van der Waals surface area contributed by atoms with Gasteiger partial charge >= 0.3 is 5.97 Å². The van der Waals surface area contributed by atoms with Crippen LogP contribution in [0, 0.1) is 11.8 Å². The van der Waals surface area contributed by atoms with E-state index in [9.17, 15) is 24.9 Å². The number of rotatable bonds is 13. The van der Waals surface area contributed by atoms with E-state index in [2.05, 4.69) is 6.08 Å². The molecule has 0 bridgehead atoms. The number of fused-ring (bicyclic) bond motifs is 2. The van der Waals surface area contributed by atoms with Crippen molar-refractivity contribution < 1.29 is 39.1 Å². The summed E-state index contributed by atoms with van der Waals surface area (Å²) in [7, 11) is 3.02. The number of allylic oxidation sites excluding steroid dienone is 2. The van der Waals surface area contributed by atoms with E-state index < -0.39 is 12.1 Å². The molecule has 0 spiro atoms. The minimum absolute atomic E-state index is 0.0238. The Bertz CT molecular complexity index is 1280. The molecule has 42 heavy (non-hydrogen) atoms. The van der Waals surface area contributed by atoms with Crippen LogP contribution in [0.25, 0.3) is 5.57 Å². The fourth-order valence-corrected chi connectivity index (χ4v) is 6.78. The largest absolute Gasteiger partial charge is 0.504 e. The summed E-state index contributed by atoms with van der Waals surface area (Å²) in [5, 5.41) is 30.2. The van der Waals surface area contributed by atoms with Crippen molar-refractivity contribution in [2.75, 3.05) is 20.8 Å². The third-order valence-corrected chi connectivity index (χ3v) is 8.74. The van der Waals surface area contributed by atoms with Crippen molar-refractivity contribution in [3.05, 3.63) is 53.1 Å². The average molecular weight is 581 g/mol. The van der Waals surface area contributed by atoms with Crippen LogP contribution in [0.15, 0.2) is 36.4 Å². The third kappa shape index (κ3) is 7.65. The lowest BCUT2D eigenvalue weighted by atomic mass is 9.69. The molecule has 1 fully saturated rings. The number of phenols is 2. The maximum absolute atomic E-state index is 13.8. The van der Waals surface area contributed by atoms with Gasteiger partial charge in [0, 0.05) is 26.4 Å². The molecule has 0 aromatic heterocycles. The predicted molar refractivity (Wildman–Crippen MR) is 160 cm³/mol. The van der Waals surface area contributed by atoms with Gasteiger partial charge in [0.1, 0.15) is 11.9 Å². The molecule has 1 saturated carbocycles. The number of hydrogen-bond acceptors (Lipinski definition) is 8. The molecule has 228 valence electrons. The molecule has 0 amide bonds. The van der Waals surface area contributed by atoms with E-state index in [1.807, 2.05) is 6.07 Å². The molecule has 4 atom stereocenters. The maximum Gasteiger partial charge on any atom is 0.302 e. The average Bonchev–Trinajstić information content (AvgIpc) is 3.09. The second-order valence-corrected chi connectivity index (χ2v) is 11.6. The standard InChI is InChI=1S/C34H44O8/c1-21(36)42-26(12-10-22-11-13-31(38)33(15-22)40-2)17-25(37)18-29-27-9-5-4-7-23(27)16-24(8-6-14-35)28-19-32(39)34(41-3)20-30(28)29/h11,13,15-16,19-20,23,26-27,29,35,38-39H,4-10,12,14,17-18H2,1-3H3. The summed E-state index contributed by atoms with van der Waals surface area (Å²) in [5.41, 5.74) is 3.93. The number of ether oxygens (including phenoxy) is 3. The van der Waals surface area contributed by atoms with Crippen molar-refractivity contribution in [1.82, 2.24) is 0 Å². The fourth-order valence-electron chi connectivity index (χ4n) is 6.78.